The summed E-state index contributed by atoms with van der Waals surface area (Å²) in [4.78, 5) is 14.4. The van der Waals surface area contributed by atoms with Crippen LogP contribution >= 0.6 is 22.9 Å². The molecule has 0 aliphatic rings. The molecule has 1 amide bonds. The van der Waals surface area contributed by atoms with Gasteiger partial charge in [-0.15, -0.1) is 10.2 Å². The second kappa shape index (κ2) is 7.72. The number of benzene rings is 2. The van der Waals surface area contributed by atoms with E-state index in [1.807, 2.05) is 6.92 Å². The molecule has 0 unspecified atom stereocenters. The van der Waals surface area contributed by atoms with Gasteiger partial charge in [0.15, 0.2) is 0 Å². The van der Waals surface area contributed by atoms with Crippen molar-refractivity contribution in [1.82, 2.24) is 10.2 Å². The molecule has 0 bridgehead atoms. The van der Waals surface area contributed by atoms with Gasteiger partial charge in [0.25, 0.3) is 5.91 Å². The molecule has 2 aromatic carbocycles. The lowest BCUT2D eigenvalue weighted by atomic mass is 10.2. The lowest BCUT2D eigenvalue weighted by Gasteiger charge is -2.18. The van der Waals surface area contributed by atoms with Crippen molar-refractivity contribution in [2.45, 2.75) is 13.3 Å². The predicted octanol–water partition coefficient (Wildman–Crippen LogP) is 5.05. The van der Waals surface area contributed by atoms with Crippen LogP contribution in [0.3, 0.4) is 0 Å². The van der Waals surface area contributed by atoms with Gasteiger partial charge in [0.05, 0.1) is 0 Å². The summed E-state index contributed by atoms with van der Waals surface area (Å²) >= 11 is 7.14. The normalized spacial score (nSPS) is 10.7. The van der Waals surface area contributed by atoms with E-state index in [0.29, 0.717) is 32.8 Å². The van der Waals surface area contributed by atoms with Crippen molar-refractivity contribution in [3.05, 3.63) is 64.9 Å². The van der Waals surface area contributed by atoms with E-state index in [2.05, 4.69) is 10.2 Å². The number of carbonyl (C=O) groups excluding carboxylic acids is 1. The zero-order valence-corrected chi connectivity index (χ0v) is 15.0. The van der Waals surface area contributed by atoms with Crippen LogP contribution in [0.4, 0.5) is 9.52 Å². The van der Waals surface area contributed by atoms with E-state index < -0.39 is 0 Å². The average molecular weight is 376 g/mol. The van der Waals surface area contributed by atoms with Gasteiger partial charge in [-0.1, -0.05) is 42.0 Å². The number of hydrogen-bond donors (Lipinski definition) is 0. The summed E-state index contributed by atoms with van der Waals surface area (Å²) in [7, 11) is 0. The van der Waals surface area contributed by atoms with Crippen molar-refractivity contribution in [2.24, 2.45) is 0 Å². The van der Waals surface area contributed by atoms with Crippen molar-refractivity contribution in [1.29, 1.82) is 0 Å². The molecule has 1 aromatic heterocycles. The molecule has 0 aliphatic heterocycles. The van der Waals surface area contributed by atoms with Gasteiger partial charge in [0.2, 0.25) is 5.13 Å². The van der Waals surface area contributed by atoms with E-state index in [4.69, 9.17) is 11.6 Å². The average Bonchev–Trinajstić information content (AvgIpc) is 3.09. The molecule has 0 saturated heterocycles. The van der Waals surface area contributed by atoms with Crippen molar-refractivity contribution < 1.29 is 9.18 Å². The zero-order valence-electron chi connectivity index (χ0n) is 13.4. The monoisotopic (exact) mass is 375 g/mol. The SMILES string of the molecule is CCCN(C(=O)c1ccc(Cl)cc1)c1nnc(-c2cccc(F)c2)s1. The summed E-state index contributed by atoms with van der Waals surface area (Å²) in [6.45, 7) is 2.50. The van der Waals surface area contributed by atoms with Crippen LogP contribution in [0.5, 0.6) is 0 Å². The first-order valence-electron chi connectivity index (χ1n) is 7.75. The second-order valence-electron chi connectivity index (χ2n) is 5.36. The Balaban J connectivity index is 1.91. The number of nitrogens with zero attached hydrogens (tertiary/aromatic N) is 3. The summed E-state index contributed by atoms with van der Waals surface area (Å²) in [6.07, 6.45) is 0.772. The van der Waals surface area contributed by atoms with Crippen LogP contribution in [0.2, 0.25) is 5.02 Å². The van der Waals surface area contributed by atoms with Crippen molar-refractivity contribution in [2.75, 3.05) is 11.4 Å². The lowest BCUT2D eigenvalue weighted by Crippen LogP contribution is -2.31. The molecule has 0 radical (unpaired) electrons. The van der Waals surface area contributed by atoms with Crippen LogP contribution in [0.1, 0.15) is 23.7 Å². The molecule has 4 nitrogen and oxygen atoms in total. The Kier molecular flexibility index (Phi) is 5.40. The Morgan fingerprint density at radius 3 is 2.64 bits per heavy atom. The van der Waals surface area contributed by atoms with E-state index in [-0.39, 0.29) is 11.7 Å². The van der Waals surface area contributed by atoms with E-state index in [1.54, 1.807) is 41.3 Å². The molecular weight excluding hydrogens is 361 g/mol. The van der Waals surface area contributed by atoms with Crippen molar-refractivity contribution >= 4 is 34.0 Å². The molecule has 3 aromatic rings. The number of hydrogen-bond acceptors (Lipinski definition) is 4. The summed E-state index contributed by atoms with van der Waals surface area (Å²) < 4.78 is 13.4. The summed E-state index contributed by atoms with van der Waals surface area (Å²) in [6, 6.07) is 12.9. The lowest BCUT2D eigenvalue weighted by molar-refractivity contribution is 0.0986. The maximum Gasteiger partial charge on any atom is 0.260 e. The third kappa shape index (κ3) is 4.03. The maximum absolute atomic E-state index is 13.4. The van der Waals surface area contributed by atoms with Crippen LogP contribution in [0.15, 0.2) is 48.5 Å². The quantitative estimate of drug-likeness (QED) is 0.626. The molecule has 0 saturated carbocycles. The number of amides is 1. The number of halogens is 2. The zero-order chi connectivity index (χ0) is 17.8. The number of rotatable bonds is 5. The van der Waals surface area contributed by atoms with Crippen LogP contribution in [0.25, 0.3) is 10.6 Å². The van der Waals surface area contributed by atoms with Crippen molar-refractivity contribution in [3.63, 3.8) is 0 Å². The number of carbonyl (C=O) groups is 1. The largest absolute Gasteiger partial charge is 0.283 e. The van der Waals surface area contributed by atoms with Crippen LogP contribution in [-0.2, 0) is 0 Å². The van der Waals surface area contributed by atoms with E-state index in [1.165, 1.54) is 23.5 Å². The second-order valence-corrected chi connectivity index (χ2v) is 6.76. The predicted molar refractivity (Wildman–Crippen MR) is 98.7 cm³/mol. The minimum Gasteiger partial charge on any atom is -0.283 e. The number of anilines is 1. The Morgan fingerprint density at radius 2 is 1.96 bits per heavy atom. The molecule has 0 N–H and O–H groups in total. The molecular formula is C18H15ClFN3OS. The number of aromatic nitrogens is 2. The van der Waals surface area contributed by atoms with Gasteiger partial charge in [0.1, 0.15) is 10.8 Å². The first kappa shape index (κ1) is 17.5. The minimum absolute atomic E-state index is 0.166. The fourth-order valence-electron chi connectivity index (χ4n) is 2.32. The van der Waals surface area contributed by atoms with Crippen LogP contribution < -0.4 is 4.90 Å². The summed E-state index contributed by atoms with van der Waals surface area (Å²) in [5.41, 5.74) is 1.17. The molecule has 0 fully saturated rings. The Bertz CT molecular complexity index is 882. The highest BCUT2D eigenvalue weighted by molar-refractivity contribution is 7.18. The van der Waals surface area contributed by atoms with Gasteiger partial charge >= 0.3 is 0 Å². The minimum atomic E-state index is -0.336. The summed E-state index contributed by atoms with van der Waals surface area (Å²) in [5, 5.41) is 9.87. The van der Waals surface area contributed by atoms with Gasteiger partial charge in [-0.3, -0.25) is 9.69 Å². The highest BCUT2D eigenvalue weighted by atomic mass is 35.5. The van der Waals surface area contributed by atoms with Gasteiger partial charge in [-0.05, 0) is 42.8 Å². The molecule has 0 aliphatic carbocycles. The smallest absolute Gasteiger partial charge is 0.260 e. The van der Waals surface area contributed by atoms with Gasteiger partial charge < -0.3 is 0 Å². The maximum atomic E-state index is 13.4. The third-order valence-electron chi connectivity index (χ3n) is 3.50. The molecule has 1 heterocycles. The highest BCUT2D eigenvalue weighted by Gasteiger charge is 2.21. The van der Waals surface area contributed by atoms with Crippen LogP contribution in [-0.4, -0.2) is 22.6 Å². The fourth-order valence-corrected chi connectivity index (χ4v) is 3.31. The topological polar surface area (TPSA) is 46.1 Å². The van der Waals surface area contributed by atoms with Gasteiger partial charge in [-0.2, -0.15) is 0 Å². The van der Waals surface area contributed by atoms with Crippen LogP contribution in [0, 0.1) is 5.82 Å². The Hall–Kier alpha value is -2.31. The first-order valence-corrected chi connectivity index (χ1v) is 8.95. The molecule has 128 valence electrons. The van der Waals surface area contributed by atoms with E-state index in [0.717, 1.165) is 6.42 Å². The molecule has 25 heavy (non-hydrogen) atoms. The Labute approximate surface area is 153 Å². The third-order valence-corrected chi connectivity index (χ3v) is 4.75. The standard InChI is InChI=1S/C18H15ClFN3OS/c1-2-10-23(17(24)12-6-8-14(19)9-7-12)18-22-21-16(25-18)13-4-3-5-15(20)11-13/h3-9,11H,2,10H2,1H3. The van der Waals surface area contributed by atoms with E-state index >= 15 is 0 Å². The fraction of sp³-hybridized carbons (Fsp3) is 0.167. The molecule has 7 heteroatoms. The first-order chi connectivity index (χ1) is 12.1. The van der Waals surface area contributed by atoms with E-state index in [9.17, 15) is 9.18 Å². The van der Waals surface area contributed by atoms with Crippen molar-refractivity contribution in [3.8, 4) is 10.6 Å². The van der Waals surface area contributed by atoms with Gasteiger partial charge in [0, 0.05) is 22.7 Å². The highest BCUT2D eigenvalue weighted by Crippen LogP contribution is 2.30. The molecule has 0 spiro atoms. The summed E-state index contributed by atoms with van der Waals surface area (Å²) in [5.74, 6) is -0.502. The molecule has 0 atom stereocenters. The molecule has 3 rings (SSSR count). The Morgan fingerprint density at radius 1 is 1.20 bits per heavy atom. The van der Waals surface area contributed by atoms with Gasteiger partial charge in [-0.25, -0.2) is 4.39 Å².